The van der Waals surface area contributed by atoms with Crippen molar-refractivity contribution in [2.45, 2.75) is 23.3 Å². The Labute approximate surface area is 139 Å². The average molecular weight is 366 g/mol. The maximum absolute atomic E-state index is 5.07. The third-order valence-corrected chi connectivity index (χ3v) is 5.22. The maximum Gasteiger partial charge on any atom is 0.0587 e. The van der Waals surface area contributed by atoms with E-state index in [0.29, 0.717) is 0 Å². The summed E-state index contributed by atoms with van der Waals surface area (Å²) in [4.78, 5) is 2.52. The van der Waals surface area contributed by atoms with Gasteiger partial charge in [-0.05, 0) is 46.6 Å². The highest BCUT2D eigenvalue weighted by molar-refractivity contribution is 9.10. The highest BCUT2D eigenvalue weighted by Crippen LogP contribution is 2.35. The molecule has 0 radical (unpaired) electrons. The summed E-state index contributed by atoms with van der Waals surface area (Å²) in [5.74, 6) is 0. The van der Waals surface area contributed by atoms with Crippen LogP contribution >= 0.6 is 27.7 Å². The molecule has 112 valence electrons. The van der Waals surface area contributed by atoms with Crippen molar-refractivity contribution in [1.29, 1.82) is 0 Å². The molecule has 0 saturated heterocycles. The molecular weight excluding hydrogens is 346 g/mol. The van der Waals surface area contributed by atoms with Crippen LogP contribution in [0.3, 0.4) is 0 Å². The van der Waals surface area contributed by atoms with Crippen molar-refractivity contribution in [3.05, 3.63) is 58.1 Å². The Morgan fingerprint density at radius 2 is 1.95 bits per heavy atom. The second-order valence-electron chi connectivity index (χ2n) is 4.81. The number of hydrogen-bond acceptors (Lipinski definition) is 3. The number of ether oxygens (including phenoxy) is 1. The highest BCUT2D eigenvalue weighted by atomic mass is 79.9. The lowest BCUT2D eigenvalue weighted by Gasteiger charge is -2.12. The standard InChI is InChI=1S/C17H20BrNOS/c1-13-7-8-16(14(11-13)12-19-9-10-20-2)21-17-6-4-3-5-15(17)18/h3-8,11,19H,9-10,12H2,1-2H3. The van der Waals surface area contributed by atoms with E-state index in [4.69, 9.17) is 4.74 Å². The van der Waals surface area contributed by atoms with Crippen LogP contribution < -0.4 is 5.32 Å². The van der Waals surface area contributed by atoms with Crippen molar-refractivity contribution in [2.24, 2.45) is 0 Å². The molecule has 0 atom stereocenters. The minimum absolute atomic E-state index is 0.735. The van der Waals surface area contributed by atoms with Crippen molar-refractivity contribution in [2.75, 3.05) is 20.3 Å². The van der Waals surface area contributed by atoms with Crippen LogP contribution in [0.15, 0.2) is 56.7 Å². The number of halogens is 1. The van der Waals surface area contributed by atoms with E-state index < -0.39 is 0 Å². The van der Waals surface area contributed by atoms with Crippen LogP contribution in [0.1, 0.15) is 11.1 Å². The summed E-state index contributed by atoms with van der Waals surface area (Å²) < 4.78 is 6.20. The summed E-state index contributed by atoms with van der Waals surface area (Å²) in [6, 6.07) is 14.9. The average Bonchev–Trinajstić information content (AvgIpc) is 2.48. The van der Waals surface area contributed by atoms with Gasteiger partial charge in [0.05, 0.1) is 6.61 Å². The number of rotatable bonds is 7. The molecule has 0 bridgehead atoms. The van der Waals surface area contributed by atoms with Gasteiger partial charge in [-0.25, -0.2) is 0 Å². The summed E-state index contributed by atoms with van der Waals surface area (Å²) in [5.41, 5.74) is 2.61. The number of nitrogens with one attached hydrogen (secondary N) is 1. The predicted molar refractivity (Wildman–Crippen MR) is 93.0 cm³/mol. The molecule has 0 amide bonds. The minimum Gasteiger partial charge on any atom is -0.383 e. The SMILES string of the molecule is COCCNCc1cc(C)ccc1Sc1ccccc1Br. The minimum atomic E-state index is 0.735. The largest absolute Gasteiger partial charge is 0.383 e. The van der Waals surface area contributed by atoms with E-state index in [-0.39, 0.29) is 0 Å². The van der Waals surface area contributed by atoms with E-state index in [1.807, 2.05) is 6.07 Å². The smallest absolute Gasteiger partial charge is 0.0587 e. The molecular formula is C17H20BrNOS. The molecule has 2 rings (SSSR count). The number of aryl methyl sites for hydroxylation is 1. The van der Waals surface area contributed by atoms with Crippen LogP contribution in [-0.2, 0) is 11.3 Å². The van der Waals surface area contributed by atoms with Gasteiger partial charge in [0.25, 0.3) is 0 Å². The number of methoxy groups -OCH3 is 1. The first kappa shape index (κ1) is 16.6. The van der Waals surface area contributed by atoms with Gasteiger partial charge >= 0.3 is 0 Å². The van der Waals surface area contributed by atoms with Gasteiger partial charge in [-0.3, -0.25) is 0 Å². The molecule has 2 aromatic carbocycles. The quantitative estimate of drug-likeness (QED) is 0.721. The van der Waals surface area contributed by atoms with E-state index in [1.165, 1.54) is 20.9 Å². The second kappa shape index (κ2) is 8.59. The first-order valence-corrected chi connectivity index (χ1v) is 8.53. The van der Waals surface area contributed by atoms with Crippen LogP contribution in [0.4, 0.5) is 0 Å². The lowest BCUT2D eigenvalue weighted by atomic mass is 10.1. The summed E-state index contributed by atoms with van der Waals surface area (Å²) in [6.45, 7) is 4.59. The topological polar surface area (TPSA) is 21.3 Å². The van der Waals surface area contributed by atoms with Crippen molar-refractivity contribution < 1.29 is 4.74 Å². The highest BCUT2D eigenvalue weighted by Gasteiger charge is 2.07. The number of hydrogen-bond donors (Lipinski definition) is 1. The molecule has 0 heterocycles. The maximum atomic E-state index is 5.07. The molecule has 2 aromatic rings. The van der Waals surface area contributed by atoms with E-state index >= 15 is 0 Å². The molecule has 0 unspecified atom stereocenters. The molecule has 2 nitrogen and oxygen atoms in total. The molecule has 0 saturated carbocycles. The molecule has 0 aliphatic carbocycles. The van der Waals surface area contributed by atoms with Gasteiger partial charge in [0.1, 0.15) is 0 Å². The molecule has 0 aliphatic rings. The van der Waals surface area contributed by atoms with Crippen LogP contribution in [0, 0.1) is 6.92 Å². The fraction of sp³-hybridized carbons (Fsp3) is 0.294. The summed E-state index contributed by atoms with van der Waals surface area (Å²) in [7, 11) is 1.72. The zero-order valence-corrected chi connectivity index (χ0v) is 14.8. The Bertz CT molecular complexity index is 589. The zero-order chi connectivity index (χ0) is 15.1. The van der Waals surface area contributed by atoms with Crippen molar-refractivity contribution in [3.63, 3.8) is 0 Å². The Morgan fingerprint density at radius 1 is 1.14 bits per heavy atom. The second-order valence-corrected chi connectivity index (χ2v) is 6.75. The van der Waals surface area contributed by atoms with E-state index in [9.17, 15) is 0 Å². The summed E-state index contributed by atoms with van der Waals surface area (Å²) >= 11 is 5.41. The third kappa shape index (κ3) is 5.15. The summed E-state index contributed by atoms with van der Waals surface area (Å²) in [5, 5.41) is 3.42. The fourth-order valence-electron chi connectivity index (χ4n) is 1.99. The van der Waals surface area contributed by atoms with E-state index in [0.717, 1.165) is 24.2 Å². The zero-order valence-electron chi connectivity index (χ0n) is 12.4. The molecule has 0 aromatic heterocycles. The van der Waals surface area contributed by atoms with Crippen molar-refractivity contribution >= 4 is 27.7 Å². The lowest BCUT2D eigenvalue weighted by molar-refractivity contribution is 0.199. The van der Waals surface area contributed by atoms with Gasteiger partial charge in [-0.1, -0.05) is 41.6 Å². The van der Waals surface area contributed by atoms with Gasteiger partial charge in [0, 0.05) is 34.5 Å². The molecule has 0 aliphatic heterocycles. The first-order chi connectivity index (χ1) is 10.2. The van der Waals surface area contributed by atoms with Crippen LogP contribution in [0.5, 0.6) is 0 Å². The predicted octanol–water partition coefficient (Wildman–Crippen LogP) is 4.64. The van der Waals surface area contributed by atoms with Crippen LogP contribution in [-0.4, -0.2) is 20.3 Å². The van der Waals surface area contributed by atoms with Gasteiger partial charge in [-0.15, -0.1) is 0 Å². The van der Waals surface area contributed by atoms with Gasteiger partial charge < -0.3 is 10.1 Å². The fourth-order valence-corrected chi connectivity index (χ4v) is 3.46. The third-order valence-electron chi connectivity index (χ3n) is 3.07. The van der Waals surface area contributed by atoms with Gasteiger partial charge in [0.2, 0.25) is 0 Å². The number of benzene rings is 2. The normalized spacial score (nSPS) is 10.8. The Hall–Kier alpha value is -0.810. The molecule has 1 N–H and O–H groups in total. The monoisotopic (exact) mass is 365 g/mol. The van der Waals surface area contributed by atoms with E-state index in [2.05, 4.69) is 64.6 Å². The molecule has 0 fully saturated rings. The molecule has 21 heavy (non-hydrogen) atoms. The summed E-state index contributed by atoms with van der Waals surface area (Å²) in [6.07, 6.45) is 0. The Morgan fingerprint density at radius 3 is 2.71 bits per heavy atom. The van der Waals surface area contributed by atoms with Crippen LogP contribution in [0.25, 0.3) is 0 Å². The molecule has 0 spiro atoms. The first-order valence-electron chi connectivity index (χ1n) is 6.92. The van der Waals surface area contributed by atoms with E-state index in [1.54, 1.807) is 18.9 Å². The van der Waals surface area contributed by atoms with Gasteiger partial charge in [-0.2, -0.15) is 0 Å². The van der Waals surface area contributed by atoms with Crippen LogP contribution in [0.2, 0.25) is 0 Å². The lowest BCUT2D eigenvalue weighted by Crippen LogP contribution is -2.19. The van der Waals surface area contributed by atoms with Gasteiger partial charge in [0.15, 0.2) is 0 Å². The Balaban J connectivity index is 2.13. The Kier molecular flexibility index (Phi) is 6.77. The van der Waals surface area contributed by atoms with Crippen molar-refractivity contribution in [1.82, 2.24) is 5.32 Å². The molecule has 4 heteroatoms. The van der Waals surface area contributed by atoms with Crippen molar-refractivity contribution in [3.8, 4) is 0 Å².